The fraction of sp³-hybridized carbons (Fsp3) is 0.556. The Balaban J connectivity index is -0.000000270. The molecular weight excluding hydrogens is 326 g/mol. The van der Waals surface area contributed by atoms with Crippen molar-refractivity contribution in [1.29, 1.82) is 0 Å². The highest BCUT2D eigenvalue weighted by Crippen LogP contribution is 2.26. The minimum Gasteiger partial charge on any atom is -0.330 e. The first-order valence-corrected chi connectivity index (χ1v) is 8.59. The van der Waals surface area contributed by atoms with E-state index < -0.39 is 15.6 Å². The lowest BCUT2D eigenvalue weighted by molar-refractivity contribution is 0.272. The van der Waals surface area contributed by atoms with E-state index in [2.05, 4.69) is 13.2 Å². The Morgan fingerprint density at radius 3 is 1.29 bits per heavy atom. The van der Waals surface area contributed by atoms with E-state index in [-0.39, 0.29) is 5.54 Å². The molecule has 0 aromatic rings. The lowest BCUT2D eigenvalue weighted by Crippen LogP contribution is -2.40. The molecule has 0 unspecified atom stereocenters. The minimum absolute atomic E-state index is 0.210. The van der Waals surface area contributed by atoms with Crippen LogP contribution in [0.1, 0.15) is 19.3 Å². The Morgan fingerprint density at radius 2 is 1.14 bits per heavy atom. The largest absolute Gasteiger partial charge is 0.466 e. The molecule has 128 valence electrons. The molecule has 12 heteroatoms. The quantitative estimate of drug-likeness (QED) is 0.224. The zero-order chi connectivity index (χ0) is 17.7. The van der Waals surface area contributed by atoms with Crippen molar-refractivity contribution in [3.8, 4) is 0 Å². The average Bonchev–Trinajstić information content (AvgIpc) is 2.12. The van der Waals surface area contributed by atoms with Gasteiger partial charge in [0.25, 0.3) is 0 Å². The predicted octanol–water partition coefficient (Wildman–Crippen LogP) is -0.672. The predicted molar refractivity (Wildman–Crippen MR) is 78.7 cm³/mol. The maximum Gasteiger partial charge on any atom is 0.466 e. The molecule has 0 aromatic carbocycles. The van der Waals surface area contributed by atoms with E-state index in [1.165, 1.54) is 0 Å². The van der Waals surface area contributed by atoms with Gasteiger partial charge in [-0.1, -0.05) is 12.2 Å². The Bertz CT molecular complexity index is 331. The molecule has 0 heterocycles. The molecule has 0 amide bonds. The second-order valence-electron chi connectivity index (χ2n) is 3.91. The summed E-state index contributed by atoms with van der Waals surface area (Å²) in [4.78, 5) is 43.1. The third-order valence-electron chi connectivity index (χ3n) is 1.74. The first kappa shape index (κ1) is 25.6. The molecule has 0 atom stereocenters. The highest BCUT2D eigenvalue weighted by atomic mass is 31.2. The molecule has 0 aliphatic carbocycles. The fourth-order valence-electron chi connectivity index (χ4n) is 1.15. The SMILES string of the molecule is C=CCC(N)(CC=C)CCN.O=P(O)(O)O.O=P(O)(O)O. The molecule has 0 spiro atoms. The summed E-state index contributed by atoms with van der Waals surface area (Å²) in [6, 6.07) is 0. The van der Waals surface area contributed by atoms with Crippen molar-refractivity contribution in [3.05, 3.63) is 25.3 Å². The Labute approximate surface area is 123 Å². The van der Waals surface area contributed by atoms with Gasteiger partial charge in [0.15, 0.2) is 0 Å². The van der Waals surface area contributed by atoms with Crippen LogP contribution in [0, 0.1) is 0 Å². The van der Waals surface area contributed by atoms with Gasteiger partial charge >= 0.3 is 15.6 Å². The summed E-state index contributed by atoms with van der Waals surface area (Å²) in [5.74, 6) is 0. The molecule has 0 saturated carbocycles. The van der Waals surface area contributed by atoms with Gasteiger partial charge < -0.3 is 40.8 Å². The standard InChI is InChI=1S/C9H18N2.2H3O4P/c1-3-5-9(11,6-4-2)7-8-10;2*1-5(2,3)4/h3-4H,1-2,5-8,10-11H2;2*(H3,1,2,3,4). The smallest absolute Gasteiger partial charge is 0.330 e. The molecule has 0 saturated heterocycles. The summed E-state index contributed by atoms with van der Waals surface area (Å²) in [5, 5.41) is 0. The van der Waals surface area contributed by atoms with Gasteiger partial charge in [-0.15, -0.1) is 13.2 Å². The van der Waals surface area contributed by atoms with Gasteiger partial charge in [0, 0.05) is 5.54 Å². The lowest BCUT2D eigenvalue weighted by atomic mass is 9.89. The van der Waals surface area contributed by atoms with Gasteiger partial charge in [0.2, 0.25) is 0 Å². The third-order valence-corrected chi connectivity index (χ3v) is 1.74. The van der Waals surface area contributed by atoms with E-state index in [4.69, 9.17) is 50.0 Å². The molecule has 0 bridgehead atoms. The van der Waals surface area contributed by atoms with E-state index in [9.17, 15) is 0 Å². The van der Waals surface area contributed by atoms with Crippen molar-refractivity contribution in [3.63, 3.8) is 0 Å². The molecule has 0 aliphatic rings. The maximum atomic E-state index is 8.88. The minimum atomic E-state index is -4.64. The van der Waals surface area contributed by atoms with Crippen molar-refractivity contribution < 1.29 is 38.5 Å². The van der Waals surface area contributed by atoms with Gasteiger partial charge in [-0.25, -0.2) is 9.13 Å². The Kier molecular flexibility index (Phi) is 14.8. The summed E-state index contributed by atoms with van der Waals surface area (Å²) in [6.45, 7) is 7.93. The fourth-order valence-corrected chi connectivity index (χ4v) is 1.15. The average molecular weight is 350 g/mol. The monoisotopic (exact) mass is 350 g/mol. The number of nitrogens with two attached hydrogens (primary N) is 2. The van der Waals surface area contributed by atoms with Crippen LogP contribution in [0.15, 0.2) is 25.3 Å². The number of phosphoric acid groups is 2. The molecular formula is C9H24N2O8P2. The van der Waals surface area contributed by atoms with Gasteiger partial charge in [-0.2, -0.15) is 0 Å². The van der Waals surface area contributed by atoms with Crippen molar-refractivity contribution in [2.45, 2.75) is 24.8 Å². The van der Waals surface area contributed by atoms with Crippen LogP contribution in [-0.4, -0.2) is 41.4 Å². The van der Waals surface area contributed by atoms with Crippen LogP contribution in [0.25, 0.3) is 0 Å². The Hall–Kier alpha value is -0.380. The lowest BCUT2D eigenvalue weighted by Gasteiger charge is -2.26. The van der Waals surface area contributed by atoms with Crippen molar-refractivity contribution in [1.82, 2.24) is 0 Å². The van der Waals surface area contributed by atoms with E-state index in [0.717, 1.165) is 19.3 Å². The van der Waals surface area contributed by atoms with Crippen molar-refractivity contribution in [2.75, 3.05) is 6.54 Å². The van der Waals surface area contributed by atoms with Crippen LogP contribution in [0.4, 0.5) is 0 Å². The Morgan fingerprint density at radius 1 is 0.905 bits per heavy atom. The van der Waals surface area contributed by atoms with Crippen LogP contribution in [0.2, 0.25) is 0 Å². The number of hydrogen-bond donors (Lipinski definition) is 8. The molecule has 0 rings (SSSR count). The molecule has 0 radical (unpaired) electrons. The van der Waals surface area contributed by atoms with Gasteiger partial charge in [0.05, 0.1) is 0 Å². The molecule has 21 heavy (non-hydrogen) atoms. The van der Waals surface area contributed by atoms with Crippen LogP contribution in [-0.2, 0) is 9.13 Å². The second-order valence-corrected chi connectivity index (χ2v) is 5.97. The zero-order valence-electron chi connectivity index (χ0n) is 11.4. The molecule has 0 fully saturated rings. The van der Waals surface area contributed by atoms with Gasteiger partial charge in [-0.05, 0) is 25.8 Å². The van der Waals surface area contributed by atoms with Crippen LogP contribution >= 0.6 is 15.6 Å². The van der Waals surface area contributed by atoms with E-state index >= 15 is 0 Å². The summed E-state index contributed by atoms with van der Waals surface area (Å²) >= 11 is 0. The molecule has 10 N–H and O–H groups in total. The van der Waals surface area contributed by atoms with Crippen LogP contribution in [0.3, 0.4) is 0 Å². The first-order valence-electron chi connectivity index (χ1n) is 5.46. The van der Waals surface area contributed by atoms with Gasteiger partial charge in [-0.3, -0.25) is 0 Å². The number of hydrogen-bond acceptors (Lipinski definition) is 4. The normalized spacial score (nSPS) is 11.4. The van der Waals surface area contributed by atoms with Crippen LogP contribution < -0.4 is 11.5 Å². The van der Waals surface area contributed by atoms with E-state index in [1.807, 2.05) is 12.2 Å². The van der Waals surface area contributed by atoms with E-state index in [1.54, 1.807) is 0 Å². The topological polar surface area (TPSA) is 208 Å². The highest BCUT2D eigenvalue weighted by molar-refractivity contribution is 7.45. The molecule has 0 aliphatic heterocycles. The maximum absolute atomic E-state index is 8.88. The van der Waals surface area contributed by atoms with Crippen molar-refractivity contribution >= 4 is 15.6 Å². The highest BCUT2D eigenvalue weighted by Gasteiger charge is 2.19. The molecule has 0 aromatic heterocycles. The second kappa shape index (κ2) is 12.2. The van der Waals surface area contributed by atoms with Gasteiger partial charge in [0.1, 0.15) is 0 Å². The first-order chi connectivity index (χ1) is 9.18. The summed E-state index contributed by atoms with van der Waals surface area (Å²) in [7, 11) is -9.28. The third kappa shape index (κ3) is 45.1. The summed E-state index contributed by atoms with van der Waals surface area (Å²) in [6.07, 6.45) is 6.09. The van der Waals surface area contributed by atoms with E-state index in [0.29, 0.717) is 6.54 Å². The zero-order valence-corrected chi connectivity index (χ0v) is 13.2. The van der Waals surface area contributed by atoms with Crippen LogP contribution in [0.5, 0.6) is 0 Å². The molecule has 10 nitrogen and oxygen atoms in total. The number of rotatable bonds is 6. The summed E-state index contributed by atoms with van der Waals surface area (Å²) in [5.41, 5.74) is 11.2. The summed E-state index contributed by atoms with van der Waals surface area (Å²) < 4.78 is 17.8. The van der Waals surface area contributed by atoms with Crippen molar-refractivity contribution in [2.24, 2.45) is 11.5 Å².